The topological polar surface area (TPSA) is 52.8 Å². The molecule has 0 spiro atoms. The number of halogens is 1. The van der Waals surface area contributed by atoms with Crippen molar-refractivity contribution in [2.75, 3.05) is 14.2 Å². The van der Waals surface area contributed by atoms with Crippen LogP contribution < -0.4 is 14.3 Å². The van der Waals surface area contributed by atoms with Gasteiger partial charge in [0.1, 0.15) is 0 Å². The van der Waals surface area contributed by atoms with Crippen molar-refractivity contribution >= 4 is 39.1 Å². The minimum Gasteiger partial charge on any atom is -0.493 e. The Kier molecular flexibility index (Phi) is 5.64. The van der Waals surface area contributed by atoms with E-state index in [2.05, 4.69) is 16.5 Å². The summed E-state index contributed by atoms with van der Waals surface area (Å²) in [5.74, 6) is 0.744. The van der Waals surface area contributed by atoms with Crippen molar-refractivity contribution in [3.05, 3.63) is 51.8 Å². The second kappa shape index (κ2) is 7.93. The number of hydrogen-bond acceptors (Lipinski definition) is 4. The molecule has 5 nitrogen and oxygen atoms in total. The Morgan fingerprint density at radius 1 is 1.15 bits per heavy atom. The number of nitrogens with zero attached hydrogens (tertiary/aromatic N) is 2. The predicted octanol–water partition coefficient (Wildman–Crippen LogP) is 4.52. The molecular weight excluding hydrogens is 372 g/mol. The summed E-state index contributed by atoms with van der Waals surface area (Å²) in [5.41, 5.74) is 1.47. The van der Waals surface area contributed by atoms with Crippen molar-refractivity contribution < 1.29 is 14.3 Å². The smallest absolute Gasteiger partial charge is 0.279 e. The number of rotatable bonds is 5. The number of aryl methyl sites for hydroxylation is 1. The van der Waals surface area contributed by atoms with Crippen LogP contribution in [0.4, 0.5) is 0 Å². The van der Waals surface area contributed by atoms with Crippen molar-refractivity contribution in [1.29, 1.82) is 0 Å². The van der Waals surface area contributed by atoms with Crippen LogP contribution in [0.5, 0.6) is 11.5 Å². The lowest BCUT2D eigenvalue weighted by molar-refractivity contribution is 0.0997. The molecule has 3 aromatic rings. The Balaban J connectivity index is 2.09. The maximum atomic E-state index is 12.7. The van der Waals surface area contributed by atoms with Crippen molar-refractivity contribution in [3.63, 3.8) is 0 Å². The Morgan fingerprint density at radius 2 is 1.92 bits per heavy atom. The molecule has 0 atom stereocenters. The van der Waals surface area contributed by atoms with E-state index in [4.69, 9.17) is 21.1 Å². The van der Waals surface area contributed by atoms with E-state index in [1.54, 1.807) is 25.3 Å². The molecule has 0 radical (unpaired) electrons. The maximum Gasteiger partial charge on any atom is 0.279 e. The van der Waals surface area contributed by atoms with Crippen LogP contribution in [0.1, 0.15) is 23.7 Å². The highest BCUT2D eigenvalue weighted by Gasteiger charge is 2.12. The minimum absolute atomic E-state index is 0.326. The highest BCUT2D eigenvalue weighted by molar-refractivity contribution is 7.16. The summed E-state index contributed by atoms with van der Waals surface area (Å²) in [6.45, 7) is 2.87. The highest BCUT2D eigenvalue weighted by Crippen LogP contribution is 2.28. The number of benzene rings is 2. The van der Waals surface area contributed by atoms with Crippen molar-refractivity contribution in [3.8, 4) is 11.5 Å². The molecule has 0 N–H and O–H groups in total. The summed E-state index contributed by atoms with van der Waals surface area (Å²) >= 11 is 7.55. The molecule has 0 saturated carbocycles. The Bertz CT molecular complexity index is 1020. The standard InChI is InChI=1S/C19H19ClN2O3S/c1-4-9-22-14-7-6-13(20)11-17(14)26-19(22)21-18(23)12-5-8-15(24-2)16(10-12)25-3/h5-8,10-11H,4,9H2,1-3H3. The number of methoxy groups -OCH3 is 2. The molecule has 0 aliphatic heterocycles. The molecule has 0 aliphatic carbocycles. The zero-order chi connectivity index (χ0) is 18.7. The molecule has 0 fully saturated rings. The number of aromatic nitrogens is 1. The van der Waals surface area contributed by atoms with Gasteiger partial charge in [0.05, 0.1) is 24.4 Å². The van der Waals surface area contributed by atoms with Crippen LogP contribution in [0.3, 0.4) is 0 Å². The molecule has 7 heteroatoms. The lowest BCUT2D eigenvalue weighted by atomic mass is 10.2. The first kappa shape index (κ1) is 18.5. The van der Waals surface area contributed by atoms with Crippen LogP contribution in [-0.2, 0) is 6.54 Å². The van der Waals surface area contributed by atoms with Crippen molar-refractivity contribution in [2.45, 2.75) is 19.9 Å². The van der Waals surface area contributed by atoms with E-state index >= 15 is 0 Å². The third-order valence-electron chi connectivity index (χ3n) is 3.92. The number of carbonyl (C=O) groups excluding carboxylic acids is 1. The van der Waals surface area contributed by atoms with Gasteiger partial charge in [-0.15, -0.1) is 0 Å². The molecule has 3 rings (SSSR count). The minimum atomic E-state index is -0.326. The van der Waals surface area contributed by atoms with Crippen LogP contribution in [0, 0.1) is 0 Å². The fourth-order valence-electron chi connectivity index (χ4n) is 2.69. The molecule has 26 heavy (non-hydrogen) atoms. The molecule has 0 saturated heterocycles. The Morgan fingerprint density at radius 3 is 2.62 bits per heavy atom. The van der Waals surface area contributed by atoms with E-state index in [0.29, 0.717) is 26.9 Å². The van der Waals surface area contributed by atoms with E-state index in [1.165, 1.54) is 18.4 Å². The van der Waals surface area contributed by atoms with Gasteiger partial charge in [0.15, 0.2) is 16.3 Å². The predicted molar refractivity (Wildman–Crippen MR) is 105 cm³/mol. The second-order valence-corrected chi connectivity index (χ2v) is 7.08. The Labute approximate surface area is 160 Å². The van der Waals surface area contributed by atoms with Crippen LogP contribution in [-0.4, -0.2) is 24.7 Å². The first-order valence-electron chi connectivity index (χ1n) is 8.17. The van der Waals surface area contributed by atoms with Crippen molar-refractivity contribution in [1.82, 2.24) is 4.57 Å². The summed E-state index contributed by atoms with van der Waals surface area (Å²) in [6.07, 6.45) is 0.937. The second-order valence-electron chi connectivity index (χ2n) is 5.64. The molecule has 1 aromatic heterocycles. The average molecular weight is 391 g/mol. The summed E-state index contributed by atoms with van der Waals surface area (Å²) in [7, 11) is 3.09. The molecule has 2 aromatic carbocycles. The Hall–Kier alpha value is -2.31. The number of hydrogen-bond donors (Lipinski definition) is 0. The SMILES string of the molecule is CCCn1c(=NC(=O)c2ccc(OC)c(OC)c2)sc2cc(Cl)ccc21. The molecular formula is C19H19ClN2O3S. The number of thiazole rings is 1. The van der Waals surface area contributed by atoms with Gasteiger partial charge in [-0.2, -0.15) is 4.99 Å². The lowest BCUT2D eigenvalue weighted by Crippen LogP contribution is -2.16. The summed E-state index contributed by atoms with van der Waals surface area (Å²) < 4.78 is 13.5. The van der Waals surface area contributed by atoms with Gasteiger partial charge in [0, 0.05) is 17.1 Å². The van der Waals surface area contributed by atoms with Crippen LogP contribution >= 0.6 is 22.9 Å². The zero-order valence-electron chi connectivity index (χ0n) is 14.8. The third kappa shape index (κ3) is 3.61. The summed E-state index contributed by atoms with van der Waals surface area (Å²) in [6, 6.07) is 10.7. The molecule has 136 valence electrons. The van der Waals surface area contributed by atoms with Gasteiger partial charge in [0.2, 0.25) is 0 Å². The van der Waals surface area contributed by atoms with Crippen molar-refractivity contribution in [2.24, 2.45) is 4.99 Å². The molecule has 1 heterocycles. The van der Waals surface area contributed by atoms with E-state index in [1.807, 2.05) is 18.2 Å². The van der Waals surface area contributed by atoms with Gasteiger partial charge in [-0.1, -0.05) is 29.9 Å². The largest absolute Gasteiger partial charge is 0.493 e. The van der Waals surface area contributed by atoms with Crippen LogP contribution in [0.15, 0.2) is 41.4 Å². The van der Waals surface area contributed by atoms with Gasteiger partial charge < -0.3 is 14.0 Å². The summed E-state index contributed by atoms with van der Waals surface area (Å²) in [4.78, 5) is 17.7. The lowest BCUT2D eigenvalue weighted by Gasteiger charge is -2.07. The fraction of sp³-hybridized carbons (Fsp3) is 0.263. The van der Waals surface area contributed by atoms with Gasteiger partial charge in [-0.05, 0) is 42.8 Å². The molecule has 0 bridgehead atoms. The highest BCUT2D eigenvalue weighted by atomic mass is 35.5. The number of ether oxygens (including phenoxy) is 2. The molecule has 0 unspecified atom stereocenters. The molecule has 1 amide bonds. The van der Waals surface area contributed by atoms with E-state index in [-0.39, 0.29) is 5.91 Å². The van der Waals surface area contributed by atoms with Gasteiger partial charge in [-0.25, -0.2) is 0 Å². The zero-order valence-corrected chi connectivity index (χ0v) is 16.4. The maximum absolute atomic E-state index is 12.7. The first-order valence-corrected chi connectivity index (χ1v) is 9.36. The normalized spacial score (nSPS) is 11.8. The third-order valence-corrected chi connectivity index (χ3v) is 5.20. The number of fused-ring (bicyclic) bond motifs is 1. The average Bonchev–Trinajstić information content (AvgIpc) is 2.97. The fourth-order valence-corrected chi connectivity index (χ4v) is 4.02. The number of carbonyl (C=O) groups is 1. The van der Waals surface area contributed by atoms with E-state index in [9.17, 15) is 4.79 Å². The monoisotopic (exact) mass is 390 g/mol. The van der Waals surface area contributed by atoms with E-state index < -0.39 is 0 Å². The van der Waals surface area contributed by atoms with Crippen LogP contribution in [0.2, 0.25) is 5.02 Å². The molecule has 0 aliphatic rings. The van der Waals surface area contributed by atoms with Crippen LogP contribution in [0.25, 0.3) is 10.2 Å². The van der Waals surface area contributed by atoms with Gasteiger partial charge in [-0.3, -0.25) is 4.79 Å². The quantitative estimate of drug-likeness (QED) is 0.643. The number of amides is 1. The first-order chi connectivity index (χ1) is 12.6. The van der Waals surface area contributed by atoms with E-state index in [0.717, 1.165) is 23.2 Å². The van der Waals surface area contributed by atoms with Gasteiger partial charge >= 0.3 is 0 Å². The summed E-state index contributed by atoms with van der Waals surface area (Å²) in [5, 5.41) is 0.667. The van der Waals surface area contributed by atoms with Gasteiger partial charge in [0.25, 0.3) is 5.91 Å².